The molecule has 0 atom stereocenters. The molecule has 0 radical (unpaired) electrons. The average Bonchev–Trinajstić information content (AvgIpc) is 3.10. The van der Waals surface area contributed by atoms with Crippen molar-refractivity contribution in [2.24, 2.45) is 17.8 Å². The zero-order valence-electron chi connectivity index (χ0n) is 14.8. The summed E-state index contributed by atoms with van der Waals surface area (Å²) in [6.07, 6.45) is 8.09. The Kier molecular flexibility index (Phi) is 4.03. The van der Waals surface area contributed by atoms with E-state index in [9.17, 15) is 4.79 Å². The first kappa shape index (κ1) is 16.4. The van der Waals surface area contributed by atoms with E-state index >= 15 is 0 Å². The fourth-order valence-corrected chi connectivity index (χ4v) is 6.40. The number of H-pyrrole nitrogens is 1. The molecular weight excluding hydrogens is 344 g/mol. The molecule has 1 aromatic carbocycles. The molecule has 5 nitrogen and oxygen atoms in total. The summed E-state index contributed by atoms with van der Waals surface area (Å²) >= 11 is 1.41. The van der Waals surface area contributed by atoms with Crippen molar-refractivity contribution in [2.75, 3.05) is 11.1 Å². The van der Waals surface area contributed by atoms with Gasteiger partial charge >= 0.3 is 0 Å². The Morgan fingerprint density at radius 2 is 1.77 bits per heavy atom. The second-order valence-corrected chi connectivity index (χ2v) is 9.31. The van der Waals surface area contributed by atoms with Gasteiger partial charge in [-0.3, -0.25) is 9.89 Å². The van der Waals surface area contributed by atoms with Gasteiger partial charge in [-0.25, -0.2) is 4.98 Å². The highest BCUT2D eigenvalue weighted by molar-refractivity contribution is 7.99. The number of para-hydroxylation sites is 1. The van der Waals surface area contributed by atoms with E-state index in [1.165, 1.54) is 50.3 Å². The number of benzene rings is 1. The number of aromatic nitrogens is 3. The van der Waals surface area contributed by atoms with Crippen LogP contribution in [0.2, 0.25) is 0 Å². The lowest BCUT2D eigenvalue weighted by Gasteiger charge is -2.55. The molecule has 6 heteroatoms. The Bertz CT molecular complexity index is 768. The molecule has 0 aliphatic heterocycles. The van der Waals surface area contributed by atoms with E-state index in [2.05, 4.69) is 15.5 Å². The van der Waals surface area contributed by atoms with Crippen LogP contribution in [0.3, 0.4) is 0 Å². The van der Waals surface area contributed by atoms with Crippen LogP contribution in [-0.4, -0.2) is 26.8 Å². The van der Waals surface area contributed by atoms with E-state index in [1.807, 2.05) is 30.3 Å². The maximum absolute atomic E-state index is 12.1. The van der Waals surface area contributed by atoms with Crippen molar-refractivity contribution in [3.8, 4) is 0 Å². The highest BCUT2D eigenvalue weighted by atomic mass is 32.2. The lowest BCUT2D eigenvalue weighted by Crippen LogP contribution is -2.49. The van der Waals surface area contributed by atoms with Crippen LogP contribution in [0.15, 0.2) is 35.5 Å². The molecule has 4 bridgehead atoms. The number of nitrogens with one attached hydrogen (secondary N) is 2. The van der Waals surface area contributed by atoms with Gasteiger partial charge in [0.1, 0.15) is 5.82 Å². The SMILES string of the molecule is O=C(CSc1n[nH]c(C23CC4CC(CC(C4)C2)C3)n1)Nc1ccccc1. The Hall–Kier alpha value is -1.82. The summed E-state index contributed by atoms with van der Waals surface area (Å²) in [6.45, 7) is 0. The number of carbonyl (C=O) groups is 1. The van der Waals surface area contributed by atoms with E-state index < -0.39 is 0 Å². The van der Waals surface area contributed by atoms with Crippen LogP contribution in [0.4, 0.5) is 5.69 Å². The number of nitrogens with zero attached hydrogens (tertiary/aromatic N) is 2. The number of hydrogen-bond acceptors (Lipinski definition) is 4. The summed E-state index contributed by atoms with van der Waals surface area (Å²) in [7, 11) is 0. The Morgan fingerprint density at radius 1 is 1.12 bits per heavy atom. The second kappa shape index (κ2) is 6.41. The fourth-order valence-electron chi connectivity index (χ4n) is 5.80. The van der Waals surface area contributed by atoms with Crippen molar-refractivity contribution in [1.29, 1.82) is 0 Å². The van der Waals surface area contributed by atoms with Crippen molar-refractivity contribution in [3.05, 3.63) is 36.2 Å². The van der Waals surface area contributed by atoms with Crippen LogP contribution < -0.4 is 5.32 Å². The average molecular weight is 369 g/mol. The number of hydrogen-bond donors (Lipinski definition) is 2. The molecule has 0 spiro atoms. The third kappa shape index (κ3) is 3.04. The van der Waals surface area contributed by atoms with Crippen molar-refractivity contribution < 1.29 is 4.79 Å². The molecule has 0 saturated heterocycles. The van der Waals surface area contributed by atoms with E-state index in [4.69, 9.17) is 4.98 Å². The maximum Gasteiger partial charge on any atom is 0.234 e. The molecule has 2 N–H and O–H groups in total. The lowest BCUT2D eigenvalue weighted by atomic mass is 9.49. The first-order valence-electron chi connectivity index (χ1n) is 9.59. The zero-order valence-corrected chi connectivity index (χ0v) is 15.6. The van der Waals surface area contributed by atoms with Crippen LogP contribution in [0.25, 0.3) is 0 Å². The molecule has 1 amide bonds. The molecule has 4 aliphatic carbocycles. The van der Waals surface area contributed by atoms with Crippen LogP contribution in [0, 0.1) is 17.8 Å². The number of carbonyl (C=O) groups excluding carboxylic acids is 1. The van der Waals surface area contributed by atoms with Gasteiger partial charge in [0.25, 0.3) is 0 Å². The van der Waals surface area contributed by atoms with Gasteiger partial charge in [0.2, 0.25) is 11.1 Å². The summed E-state index contributed by atoms with van der Waals surface area (Å²) in [5, 5.41) is 11.2. The van der Waals surface area contributed by atoms with Crippen molar-refractivity contribution in [1.82, 2.24) is 15.2 Å². The lowest BCUT2D eigenvalue weighted by molar-refractivity contribution is -0.113. The smallest absolute Gasteiger partial charge is 0.234 e. The minimum atomic E-state index is -0.0256. The molecule has 4 aliphatic rings. The van der Waals surface area contributed by atoms with Crippen LogP contribution in [0.5, 0.6) is 0 Å². The highest BCUT2D eigenvalue weighted by Gasteiger charge is 2.53. The first-order valence-corrected chi connectivity index (χ1v) is 10.6. The van der Waals surface area contributed by atoms with E-state index in [0.29, 0.717) is 10.9 Å². The molecule has 4 fully saturated rings. The van der Waals surface area contributed by atoms with Crippen molar-refractivity contribution in [2.45, 2.75) is 49.1 Å². The van der Waals surface area contributed by atoms with Gasteiger partial charge in [-0.1, -0.05) is 30.0 Å². The summed E-state index contributed by atoms with van der Waals surface area (Å²) in [6, 6.07) is 9.54. The second-order valence-electron chi connectivity index (χ2n) is 8.37. The van der Waals surface area contributed by atoms with Crippen LogP contribution >= 0.6 is 11.8 Å². The molecule has 1 heterocycles. The van der Waals surface area contributed by atoms with Gasteiger partial charge in [-0.2, -0.15) is 0 Å². The third-order valence-electron chi connectivity index (χ3n) is 6.40. The highest BCUT2D eigenvalue weighted by Crippen LogP contribution is 2.60. The van der Waals surface area contributed by atoms with Crippen molar-refractivity contribution in [3.63, 3.8) is 0 Å². The summed E-state index contributed by atoms with van der Waals surface area (Å²) in [5.41, 5.74) is 1.05. The van der Waals surface area contributed by atoms with E-state index in [0.717, 1.165) is 29.3 Å². The molecule has 136 valence electrons. The van der Waals surface area contributed by atoms with Crippen LogP contribution in [-0.2, 0) is 10.2 Å². The maximum atomic E-state index is 12.1. The molecule has 2 aromatic rings. The topological polar surface area (TPSA) is 70.7 Å². The predicted octanol–water partition coefficient (Wildman–Crippen LogP) is 4.00. The largest absolute Gasteiger partial charge is 0.325 e. The standard InChI is InChI=1S/C20H24N4OS/c25-17(21-16-4-2-1-3-5-16)12-26-19-22-18(23-24-19)20-9-13-6-14(10-20)8-15(7-13)11-20/h1-5,13-15H,6-12H2,(H,21,25)(H,22,23,24). The molecular formula is C20H24N4OS. The summed E-state index contributed by atoms with van der Waals surface area (Å²) < 4.78 is 0. The van der Waals surface area contributed by atoms with Gasteiger partial charge < -0.3 is 5.32 Å². The number of amides is 1. The molecule has 0 unspecified atom stereocenters. The van der Waals surface area contributed by atoms with Crippen molar-refractivity contribution >= 4 is 23.4 Å². The number of thioether (sulfide) groups is 1. The molecule has 6 rings (SSSR count). The minimum Gasteiger partial charge on any atom is -0.325 e. The zero-order chi connectivity index (χ0) is 17.6. The minimum absolute atomic E-state index is 0.0256. The quantitative estimate of drug-likeness (QED) is 0.783. The van der Waals surface area contributed by atoms with Crippen LogP contribution in [0.1, 0.15) is 44.3 Å². The van der Waals surface area contributed by atoms with E-state index in [1.54, 1.807) is 0 Å². The Balaban J connectivity index is 1.23. The monoisotopic (exact) mass is 368 g/mol. The third-order valence-corrected chi connectivity index (χ3v) is 7.24. The Labute approximate surface area is 157 Å². The normalized spacial score (nSPS) is 31.9. The first-order chi connectivity index (χ1) is 12.7. The number of anilines is 1. The van der Waals surface area contributed by atoms with Gasteiger partial charge in [-0.05, 0) is 68.4 Å². The molecule has 1 aromatic heterocycles. The van der Waals surface area contributed by atoms with Gasteiger partial charge in [0, 0.05) is 11.1 Å². The molecule has 4 saturated carbocycles. The number of aromatic amines is 1. The number of rotatable bonds is 5. The van der Waals surface area contributed by atoms with E-state index in [-0.39, 0.29) is 11.3 Å². The molecule has 26 heavy (non-hydrogen) atoms. The van der Waals surface area contributed by atoms with Gasteiger partial charge in [-0.15, -0.1) is 5.10 Å². The van der Waals surface area contributed by atoms with Gasteiger partial charge in [0.05, 0.1) is 5.75 Å². The van der Waals surface area contributed by atoms with Gasteiger partial charge in [0.15, 0.2) is 0 Å². The summed E-state index contributed by atoms with van der Waals surface area (Å²) in [5.74, 6) is 4.04. The fraction of sp³-hybridized carbons (Fsp3) is 0.550. The Morgan fingerprint density at radius 3 is 2.42 bits per heavy atom. The summed E-state index contributed by atoms with van der Waals surface area (Å²) in [4.78, 5) is 16.9. The predicted molar refractivity (Wildman–Crippen MR) is 102 cm³/mol.